The fraction of sp³-hybridized carbons (Fsp3) is 0.207. The standard InChI is InChI=1S/C25H21N3O2S.C25H20N2O2.C22H20N2O2.C20H18N2O2S/c1-4-30-24(29)25(2,3)31-18-11-9-17-15-27-28-23(22(17)13-18)21-12-10-16(14-26)19-7-5-6-8-20(19)21;1-25(2,24(28)29-3)18-10-8-17-14-27-15-23(22(17)12-18)21-11-9-16(13-26)19-6-4-5-7-20(19)21;1-22(2,21(25)26-3)11-16-6-9-18-13-24-14-20(19(18)10-16)17-7-4-15(12-23)5-8-17;1-20(2,19(23)24-3)9-15-8-16-17(11-22-12-18(16)25-15)14-6-4-13(10-21)5-7-14/h5-13,15H,4H2,1-3H3;4-12,14-15H,1-3H3;4-10,13-14H,11H2,1-3H3;4-8,11-12H,9H2,1-3H3. The lowest BCUT2D eigenvalue weighted by atomic mass is 9.83. The molecule has 0 aliphatic rings. The minimum atomic E-state index is -0.768. The van der Waals surface area contributed by atoms with Crippen LogP contribution in [0.15, 0.2) is 230 Å². The Morgan fingerprint density at radius 2 is 0.928 bits per heavy atom. The van der Waals surface area contributed by atoms with Gasteiger partial charge in [-0.05, 0) is 185 Å². The van der Waals surface area contributed by atoms with Crippen LogP contribution in [0, 0.1) is 56.2 Å². The van der Waals surface area contributed by atoms with Gasteiger partial charge in [-0.1, -0.05) is 121 Å². The number of ether oxygens (including phenoxy) is 4. The number of benzene rings is 9. The maximum Gasteiger partial charge on any atom is 0.321 e. The topological polar surface area (TPSA) is 265 Å². The first-order chi connectivity index (χ1) is 53.3. The third-order valence-corrected chi connectivity index (χ3v) is 21.5. The molecule has 0 unspecified atom stereocenters. The van der Waals surface area contributed by atoms with Gasteiger partial charge in [-0.15, -0.1) is 28.2 Å². The van der Waals surface area contributed by atoms with Crippen LogP contribution in [0.25, 0.3) is 109 Å². The fourth-order valence-electron chi connectivity index (χ4n) is 13.3. The molecule has 0 aliphatic carbocycles. The molecule has 0 amide bonds. The average Bonchev–Trinajstić information content (AvgIpc) is 1.47. The second-order valence-corrected chi connectivity index (χ2v) is 31.6. The molecule has 17 nitrogen and oxygen atoms in total. The van der Waals surface area contributed by atoms with Gasteiger partial charge in [-0.25, -0.2) is 0 Å². The molecule has 5 aromatic heterocycles. The van der Waals surface area contributed by atoms with Gasteiger partial charge in [0.1, 0.15) is 10.4 Å². The van der Waals surface area contributed by atoms with Gasteiger partial charge >= 0.3 is 23.9 Å². The van der Waals surface area contributed by atoms with E-state index in [0.29, 0.717) is 41.7 Å². The molecule has 0 saturated heterocycles. The highest BCUT2D eigenvalue weighted by Crippen LogP contribution is 2.42. The Morgan fingerprint density at radius 1 is 0.432 bits per heavy atom. The number of esters is 4. The van der Waals surface area contributed by atoms with E-state index in [-0.39, 0.29) is 23.9 Å². The monoisotopic (exact) mass is 1500 g/mol. The van der Waals surface area contributed by atoms with Crippen LogP contribution >= 0.6 is 23.1 Å². The number of nitriles is 4. The van der Waals surface area contributed by atoms with Gasteiger partial charge in [0.2, 0.25) is 0 Å². The van der Waals surface area contributed by atoms with Crippen LogP contribution < -0.4 is 0 Å². The van der Waals surface area contributed by atoms with Crippen LogP contribution in [-0.2, 0) is 56.4 Å². The molecule has 0 N–H and O–H groups in total. The highest BCUT2D eigenvalue weighted by atomic mass is 32.2. The van der Waals surface area contributed by atoms with E-state index in [4.69, 9.17) is 29.5 Å². The summed E-state index contributed by atoms with van der Waals surface area (Å²) in [4.78, 5) is 63.8. The van der Waals surface area contributed by atoms with E-state index in [2.05, 4.69) is 61.6 Å². The van der Waals surface area contributed by atoms with Gasteiger partial charge in [0.15, 0.2) is 0 Å². The van der Waals surface area contributed by atoms with E-state index in [1.807, 2.05) is 257 Å². The van der Waals surface area contributed by atoms with E-state index in [1.54, 1.807) is 29.7 Å². The van der Waals surface area contributed by atoms with Crippen molar-refractivity contribution >= 4 is 111 Å². The van der Waals surface area contributed by atoms with Crippen molar-refractivity contribution in [3.05, 3.63) is 264 Å². The number of methoxy groups -OCH3 is 3. The van der Waals surface area contributed by atoms with Gasteiger partial charge in [-0.3, -0.25) is 34.1 Å². The van der Waals surface area contributed by atoms with Crippen molar-refractivity contribution in [2.75, 3.05) is 27.9 Å². The van der Waals surface area contributed by atoms with Crippen molar-refractivity contribution in [3.63, 3.8) is 0 Å². The van der Waals surface area contributed by atoms with Crippen molar-refractivity contribution in [2.24, 2.45) is 10.8 Å². The van der Waals surface area contributed by atoms with Gasteiger partial charge in [0.25, 0.3) is 0 Å². The molecule has 552 valence electrons. The molecule has 5 heterocycles. The third kappa shape index (κ3) is 17.4. The second-order valence-electron chi connectivity index (χ2n) is 28.7. The molecule has 111 heavy (non-hydrogen) atoms. The summed E-state index contributed by atoms with van der Waals surface area (Å²) < 4.78 is 20.4. The predicted octanol–water partition coefficient (Wildman–Crippen LogP) is 20.2. The van der Waals surface area contributed by atoms with Crippen LogP contribution in [0.3, 0.4) is 0 Å². The van der Waals surface area contributed by atoms with Crippen LogP contribution in [0.5, 0.6) is 0 Å². The molecule has 0 saturated carbocycles. The van der Waals surface area contributed by atoms with Gasteiger partial charge in [0, 0.05) is 107 Å². The Hall–Kier alpha value is -13.0. The zero-order valence-corrected chi connectivity index (χ0v) is 65.2. The summed E-state index contributed by atoms with van der Waals surface area (Å²) in [5, 5.41) is 56.4. The number of thiophene rings is 1. The van der Waals surface area contributed by atoms with Crippen LogP contribution in [0.4, 0.5) is 0 Å². The lowest BCUT2D eigenvalue weighted by Gasteiger charge is -2.23. The minimum Gasteiger partial charge on any atom is -0.469 e. The van der Waals surface area contributed by atoms with Crippen molar-refractivity contribution in [1.29, 1.82) is 21.0 Å². The Kier molecular flexibility index (Phi) is 24.2. The number of rotatable bonds is 16. The fourth-order valence-corrected chi connectivity index (χ4v) is 15.6. The van der Waals surface area contributed by atoms with Gasteiger partial charge in [-0.2, -0.15) is 26.1 Å². The van der Waals surface area contributed by atoms with Crippen molar-refractivity contribution < 1.29 is 38.1 Å². The highest BCUT2D eigenvalue weighted by Gasteiger charge is 2.34. The molecule has 14 aromatic rings. The Balaban J connectivity index is 0.000000147. The summed E-state index contributed by atoms with van der Waals surface area (Å²) in [5.74, 6) is -0.961. The molecule has 0 aliphatic heterocycles. The first kappa shape index (κ1) is 79.0. The largest absolute Gasteiger partial charge is 0.469 e. The summed E-state index contributed by atoms with van der Waals surface area (Å²) >= 11 is 3.10. The molecular weight excluding hydrogens is 1420 g/mol. The quantitative estimate of drug-likeness (QED) is 0.0494. The van der Waals surface area contributed by atoms with E-state index < -0.39 is 21.0 Å². The smallest absolute Gasteiger partial charge is 0.321 e. The lowest BCUT2D eigenvalue weighted by molar-refractivity contribution is -0.151. The van der Waals surface area contributed by atoms with Crippen molar-refractivity contribution in [1.82, 2.24) is 25.1 Å². The SMILES string of the molecule is CCOC(=O)C(C)(C)Sc1ccc2cnnc(-c3ccc(C#N)c4ccccc34)c2c1.COC(=O)C(C)(C)Cc1cc2c(-c3ccc(C#N)cc3)cncc2s1.COC(=O)C(C)(C)Cc1ccc2cncc(-c3ccc(C#N)cc3)c2c1.COC(=O)C(C)(C)c1ccc2cncc(-c3ccc(C#N)c4ccccc34)c2c1. The Bertz CT molecular complexity index is 6080. The molecule has 0 radical (unpaired) electrons. The number of carbonyl (C=O) groups excluding carboxylic acids is 4. The molecule has 0 atom stereocenters. The summed E-state index contributed by atoms with van der Waals surface area (Å²) in [6.45, 7) is 17.2. The summed E-state index contributed by atoms with van der Waals surface area (Å²) in [7, 11) is 4.24. The molecule has 0 spiro atoms. The summed E-state index contributed by atoms with van der Waals surface area (Å²) in [6.07, 6.45) is 13.9. The maximum absolute atomic E-state index is 12.3. The van der Waals surface area contributed by atoms with Crippen LogP contribution in [-0.4, -0.2) is 81.7 Å². The molecule has 0 fully saturated rings. The summed E-state index contributed by atoms with van der Waals surface area (Å²) in [6, 6.07) is 67.3. The maximum atomic E-state index is 12.3. The number of pyridine rings is 3. The first-order valence-electron chi connectivity index (χ1n) is 35.6. The summed E-state index contributed by atoms with van der Waals surface area (Å²) in [5.41, 5.74) is 10.2. The van der Waals surface area contributed by atoms with E-state index in [1.165, 1.54) is 33.1 Å². The van der Waals surface area contributed by atoms with E-state index in [9.17, 15) is 29.7 Å². The Morgan fingerprint density at radius 3 is 1.49 bits per heavy atom. The highest BCUT2D eigenvalue weighted by molar-refractivity contribution is 8.01. The molecule has 0 bridgehead atoms. The van der Waals surface area contributed by atoms with Crippen molar-refractivity contribution in [3.8, 4) is 68.9 Å². The lowest BCUT2D eigenvalue weighted by Crippen LogP contribution is -2.30. The first-order valence-corrected chi connectivity index (χ1v) is 37.3. The third-order valence-electron chi connectivity index (χ3n) is 19.3. The second kappa shape index (κ2) is 34.0. The van der Waals surface area contributed by atoms with E-state index in [0.717, 1.165) is 129 Å². The molecule has 19 heteroatoms. The number of nitrogens with zero attached hydrogens (tertiary/aromatic N) is 9. The number of thioether (sulfide) groups is 1. The van der Waals surface area contributed by atoms with Gasteiger partial charge < -0.3 is 18.9 Å². The Labute approximate surface area is 652 Å². The normalized spacial score (nSPS) is 11.3. The number of aromatic nitrogens is 5. The molecular formula is C92H79N9O8S2. The average molecular weight is 1500 g/mol. The van der Waals surface area contributed by atoms with Gasteiger partial charge in [0.05, 0.1) is 102 Å². The van der Waals surface area contributed by atoms with Crippen LogP contribution in [0.2, 0.25) is 0 Å². The van der Waals surface area contributed by atoms with Crippen LogP contribution in [0.1, 0.15) is 101 Å². The number of fused-ring (bicyclic) bond motifs is 6. The van der Waals surface area contributed by atoms with E-state index >= 15 is 0 Å². The predicted molar refractivity (Wildman–Crippen MR) is 439 cm³/mol. The zero-order valence-electron chi connectivity index (χ0n) is 63.6. The number of hydrogen-bond donors (Lipinski definition) is 0. The van der Waals surface area contributed by atoms with Crippen molar-refractivity contribution in [2.45, 2.75) is 90.2 Å². The molecule has 9 aromatic carbocycles. The number of carbonyl (C=O) groups is 4. The number of hydrogen-bond acceptors (Lipinski definition) is 19. The zero-order chi connectivity index (χ0) is 79.4. The minimum absolute atomic E-state index is 0.213. The molecule has 14 rings (SSSR count).